The Labute approximate surface area is 144 Å². The first-order chi connectivity index (χ1) is 11.8. The number of nitrogens with zero attached hydrogens (tertiary/aromatic N) is 3. The SMILES string of the molecule is Cc1ccc(-c2nccs2)c2oc(N3CC4CCCC(C3)N4)nc12. The van der Waals surface area contributed by atoms with E-state index in [0.717, 1.165) is 46.3 Å². The quantitative estimate of drug-likeness (QED) is 0.772. The number of thiazole rings is 1. The van der Waals surface area contributed by atoms with Crippen LogP contribution >= 0.6 is 11.3 Å². The fourth-order valence-corrected chi connectivity index (χ4v) is 4.60. The fraction of sp³-hybridized carbons (Fsp3) is 0.444. The van der Waals surface area contributed by atoms with Gasteiger partial charge in [-0.3, -0.25) is 0 Å². The highest BCUT2D eigenvalue weighted by Crippen LogP contribution is 2.35. The molecule has 5 rings (SSSR count). The molecule has 4 heterocycles. The largest absolute Gasteiger partial charge is 0.423 e. The summed E-state index contributed by atoms with van der Waals surface area (Å²) in [7, 11) is 0. The van der Waals surface area contributed by atoms with Crippen LogP contribution in [0.1, 0.15) is 24.8 Å². The molecule has 3 aromatic rings. The number of nitrogens with one attached hydrogen (secondary N) is 1. The van der Waals surface area contributed by atoms with Crippen molar-refractivity contribution in [3.05, 3.63) is 29.3 Å². The number of oxazole rings is 1. The summed E-state index contributed by atoms with van der Waals surface area (Å²) >= 11 is 1.63. The number of piperidine rings is 1. The van der Waals surface area contributed by atoms with E-state index in [2.05, 4.69) is 34.3 Å². The number of benzene rings is 1. The molecule has 1 aromatic carbocycles. The van der Waals surface area contributed by atoms with E-state index in [0.29, 0.717) is 12.1 Å². The summed E-state index contributed by atoms with van der Waals surface area (Å²) in [6, 6.07) is 6.09. The highest BCUT2D eigenvalue weighted by Gasteiger charge is 2.32. The Hall–Kier alpha value is -1.92. The number of aromatic nitrogens is 2. The van der Waals surface area contributed by atoms with Gasteiger partial charge in [-0.05, 0) is 31.4 Å². The summed E-state index contributed by atoms with van der Waals surface area (Å²) in [4.78, 5) is 11.6. The van der Waals surface area contributed by atoms with Gasteiger partial charge in [-0.15, -0.1) is 11.3 Å². The van der Waals surface area contributed by atoms with Gasteiger partial charge in [-0.2, -0.15) is 4.98 Å². The molecule has 0 spiro atoms. The van der Waals surface area contributed by atoms with Gasteiger partial charge in [0.25, 0.3) is 6.01 Å². The van der Waals surface area contributed by atoms with E-state index in [1.54, 1.807) is 11.3 Å². The van der Waals surface area contributed by atoms with Crippen LogP contribution in [0.4, 0.5) is 6.01 Å². The second kappa shape index (κ2) is 5.57. The highest BCUT2D eigenvalue weighted by atomic mass is 32.1. The van der Waals surface area contributed by atoms with Crippen molar-refractivity contribution in [2.24, 2.45) is 0 Å². The molecule has 2 aromatic heterocycles. The summed E-state index contributed by atoms with van der Waals surface area (Å²) < 4.78 is 6.26. The second-order valence-corrected chi connectivity index (χ2v) is 7.73. The van der Waals surface area contributed by atoms with Gasteiger partial charge in [0.05, 0.1) is 5.56 Å². The zero-order valence-corrected chi connectivity index (χ0v) is 14.5. The Morgan fingerprint density at radius 1 is 1.25 bits per heavy atom. The first-order valence-corrected chi connectivity index (χ1v) is 9.47. The second-order valence-electron chi connectivity index (χ2n) is 6.84. The van der Waals surface area contributed by atoms with Crippen LogP contribution in [0.3, 0.4) is 0 Å². The third-order valence-corrected chi connectivity index (χ3v) is 5.93. The average Bonchev–Trinajstić information content (AvgIpc) is 3.25. The van der Waals surface area contributed by atoms with E-state index in [9.17, 15) is 0 Å². The van der Waals surface area contributed by atoms with Gasteiger partial charge in [0.1, 0.15) is 10.5 Å². The minimum atomic E-state index is 0.562. The standard InChI is InChI=1S/C18H20N4OS/c1-11-5-6-14(17-19-7-8-24-17)16-15(11)21-18(23-16)22-9-12-3-2-4-13(10-22)20-12/h5-8,12-13,20H,2-4,9-10H2,1H3. The molecular weight excluding hydrogens is 320 g/mol. The lowest BCUT2D eigenvalue weighted by molar-refractivity contribution is 0.276. The van der Waals surface area contributed by atoms with Crippen LogP contribution in [0.2, 0.25) is 0 Å². The van der Waals surface area contributed by atoms with Gasteiger partial charge in [0.15, 0.2) is 5.58 Å². The topological polar surface area (TPSA) is 54.2 Å². The van der Waals surface area contributed by atoms with E-state index >= 15 is 0 Å². The molecule has 2 bridgehead atoms. The molecule has 0 saturated carbocycles. The number of hydrogen-bond acceptors (Lipinski definition) is 6. The maximum absolute atomic E-state index is 6.26. The maximum Gasteiger partial charge on any atom is 0.298 e. The Kier molecular flexibility index (Phi) is 3.35. The first kappa shape index (κ1) is 14.4. The van der Waals surface area contributed by atoms with Crippen molar-refractivity contribution >= 4 is 28.5 Å². The van der Waals surface area contributed by atoms with Crippen LogP contribution in [-0.2, 0) is 0 Å². The molecule has 24 heavy (non-hydrogen) atoms. The third-order valence-electron chi connectivity index (χ3n) is 5.13. The maximum atomic E-state index is 6.26. The summed E-state index contributed by atoms with van der Waals surface area (Å²) in [5.41, 5.74) is 4.01. The van der Waals surface area contributed by atoms with Crippen LogP contribution in [0.15, 0.2) is 28.1 Å². The molecule has 0 amide bonds. The van der Waals surface area contributed by atoms with Gasteiger partial charge in [-0.1, -0.05) is 12.5 Å². The molecule has 2 aliphatic rings. The normalized spacial score (nSPS) is 23.8. The van der Waals surface area contributed by atoms with E-state index in [1.165, 1.54) is 19.3 Å². The van der Waals surface area contributed by atoms with Crippen LogP contribution in [0, 0.1) is 6.92 Å². The first-order valence-electron chi connectivity index (χ1n) is 8.59. The third kappa shape index (κ3) is 2.32. The van der Waals surface area contributed by atoms with Gasteiger partial charge in [0.2, 0.25) is 0 Å². The number of anilines is 1. The van der Waals surface area contributed by atoms with Crippen LogP contribution in [-0.4, -0.2) is 35.1 Å². The van der Waals surface area contributed by atoms with Crippen LogP contribution in [0.25, 0.3) is 21.7 Å². The van der Waals surface area contributed by atoms with E-state index in [4.69, 9.17) is 9.40 Å². The lowest BCUT2D eigenvalue weighted by Crippen LogP contribution is -2.58. The fourth-order valence-electron chi connectivity index (χ4n) is 3.94. The molecular formula is C18H20N4OS. The van der Waals surface area contributed by atoms with Gasteiger partial charge in [0, 0.05) is 36.8 Å². The number of rotatable bonds is 2. The summed E-state index contributed by atoms with van der Waals surface area (Å²) in [5.74, 6) is 0. The predicted molar refractivity (Wildman–Crippen MR) is 96.6 cm³/mol. The Balaban J connectivity index is 1.58. The van der Waals surface area contributed by atoms with Crippen molar-refractivity contribution in [3.63, 3.8) is 0 Å². The molecule has 0 aliphatic carbocycles. The Bertz CT molecular complexity index is 861. The summed E-state index contributed by atoms with van der Waals surface area (Å²) in [6.45, 7) is 4.05. The molecule has 2 atom stereocenters. The zero-order valence-electron chi connectivity index (χ0n) is 13.7. The van der Waals surface area contributed by atoms with E-state index in [-0.39, 0.29) is 0 Å². The smallest absolute Gasteiger partial charge is 0.298 e. The van der Waals surface area contributed by atoms with E-state index in [1.807, 2.05) is 11.6 Å². The summed E-state index contributed by atoms with van der Waals surface area (Å²) in [5, 5.41) is 6.69. The molecule has 6 heteroatoms. The lowest BCUT2D eigenvalue weighted by Gasteiger charge is -2.41. The number of fused-ring (bicyclic) bond motifs is 3. The molecule has 5 nitrogen and oxygen atoms in total. The van der Waals surface area contributed by atoms with Crippen molar-refractivity contribution in [2.45, 2.75) is 38.3 Å². The minimum Gasteiger partial charge on any atom is -0.423 e. The van der Waals surface area contributed by atoms with Crippen molar-refractivity contribution in [3.8, 4) is 10.6 Å². The van der Waals surface area contributed by atoms with Gasteiger partial charge in [-0.25, -0.2) is 4.98 Å². The number of piperazine rings is 1. The minimum absolute atomic E-state index is 0.562. The zero-order chi connectivity index (χ0) is 16.1. The molecule has 1 N–H and O–H groups in total. The van der Waals surface area contributed by atoms with Crippen LogP contribution in [0.5, 0.6) is 0 Å². The van der Waals surface area contributed by atoms with Gasteiger partial charge >= 0.3 is 0 Å². The Morgan fingerprint density at radius 2 is 2.08 bits per heavy atom. The number of hydrogen-bond donors (Lipinski definition) is 1. The van der Waals surface area contributed by atoms with Crippen molar-refractivity contribution < 1.29 is 4.42 Å². The molecule has 0 radical (unpaired) electrons. The van der Waals surface area contributed by atoms with Crippen LogP contribution < -0.4 is 10.2 Å². The molecule has 2 unspecified atom stereocenters. The lowest BCUT2D eigenvalue weighted by atomic mass is 9.94. The van der Waals surface area contributed by atoms with Crippen molar-refractivity contribution in [1.82, 2.24) is 15.3 Å². The van der Waals surface area contributed by atoms with Crippen molar-refractivity contribution in [2.75, 3.05) is 18.0 Å². The van der Waals surface area contributed by atoms with E-state index < -0.39 is 0 Å². The molecule has 124 valence electrons. The number of aryl methyl sites for hydroxylation is 1. The summed E-state index contributed by atoms with van der Waals surface area (Å²) in [6.07, 6.45) is 5.66. The molecule has 2 aliphatic heterocycles. The predicted octanol–water partition coefficient (Wildman–Crippen LogP) is 3.59. The highest BCUT2D eigenvalue weighted by molar-refractivity contribution is 7.13. The molecule has 2 fully saturated rings. The van der Waals surface area contributed by atoms with Gasteiger partial charge < -0.3 is 14.6 Å². The van der Waals surface area contributed by atoms with Crippen molar-refractivity contribution in [1.29, 1.82) is 0 Å². The Morgan fingerprint density at radius 3 is 2.83 bits per heavy atom. The average molecular weight is 340 g/mol. The molecule has 2 saturated heterocycles. The monoisotopic (exact) mass is 340 g/mol.